The number of fused-ring (bicyclic) bond motifs is 1. The van der Waals surface area contributed by atoms with E-state index in [2.05, 4.69) is 5.32 Å². The highest BCUT2D eigenvalue weighted by molar-refractivity contribution is 8.00. The van der Waals surface area contributed by atoms with Crippen LogP contribution in [-0.2, 0) is 4.79 Å². The zero-order chi connectivity index (χ0) is 17.1. The molecular weight excluding hydrogens is 328 g/mol. The van der Waals surface area contributed by atoms with Gasteiger partial charge in [-0.2, -0.15) is 0 Å². The number of hydrogen-bond acceptors (Lipinski definition) is 2. The zero-order valence-electron chi connectivity index (χ0n) is 12.9. The Morgan fingerprint density at radius 3 is 2.50 bits per heavy atom. The van der Waals surface area contributed by atoms with Gasteiger partial charge in [0.25, 0.3) is 0 Å². The van der Waals surface area contributed by atoms with Crippen molar-refractivity contribution in [2.75, 3.05) is 5.32 Å². The van der Waals surface area contributed by atoms with Crippen LogP contribution < -0.4 is 5.32 Å². The third-order valence-electron chi connectivity index (χ3n) is 3.59. The smallest absolute Gasteiger partial charge is 0.237 e. The molecule has 0 radical (unpaired) electrons. The Morgan fingerprint density at radius 2 is 1.75 bits per heavy atom. The van der Waals surface area contributed by atoms with Crippen molar-refractivity contribution in [3.8, 4) is 0 Å². The molecule has 1 atom stereocenters. The summed E-state index contributed by atoms with van der Waals surface area (Å²) >= 11 is 1.39. The molecule has 1 N–H and O–H groups in total. The molecule has 3 rings (SSSR count). The summed E-state index contributed by atoms with van der Waals surface area (Å²) in [5.41, 5.74) is -0.0210. The minimum Gasteiger partial charge on any atom is -0.323 e. The maximum Gasteiger partial charge on any atom is 0.237 e. The van der Waals surface area contributed by atoms with Crippen LogP contribution >= 0.6 is 11.8 Å². The largest absolute Gasteiger partial charge is 0.323 e. The lowest BCUT2D eigenvalue weighted by molar-refractivity contribution is -0.115. The number of amides is 1. The summed E-state index contributed by atoms with van der Waals surface area (Å²) in [7, 11) is 0. The predicted molar refractivity (Wildman–Crippen MR) is 94.3 cm³/mol. The fourth-order valence-electron chi connectivity index (χ4n) is 2.32. The molecular formula is C19H15F2NOS. The standard InChI is InChI=1S/C19H15F2NOS/c1-12(19(23)22-18-9-7-15(20)11-17(18)21)24-16-8-6-13-4-2-3-5-14(13)10-16/h2-12H,1H3,(H,22,23). The predicted octanol–water partition coefficient (Wildman–Crippen LogP) is 5.24. The molecule has 0 aliphatic heterocycles. The van der Waals surface area contributed by atoms with Crippen molar-refractivity contribution < 1.29 is 13.6 Å². The first-order valence-electron chi connectivity index (χ1n) is 7.44. The first-order chi connectivity index (χ1) is 11.5. The van der Waals surface area contributed by atoms with Crippen molar-refractivity contribution in [3.63, 3.8) is 0 Å². The third kappa shape index (κ3) is 3.74. The van der Waals surface area contributed by atoms with Crippen LogP contribution in [0.2, 0.25) is 0 Å². The number of carbonyl (C=O) groups excluding carboxylic acids is 1. The van der Waals surface area contributed by atoms with Crippen molar-refractivity contribution in [1.29, 1.82) is 0 Å². The van der Waals surface area contributed by atoms with Gasteiger partial charge in [0.1, 0.15) is 11.6 Å². The normalized spacial score (nSPS) is 12.1. The highest BCUT2D eigenvalue weighted by Gasteiger charge is 2.16. The van der Waals surface area contributed by atoms with Gasteiger partial charge in [-0.3, -0.25) is 4.79 Å². The van der Waals surface area contributed by atoms with Crippen LogP contribution in [0.5, 0.6) is 0 Å². The third-order valence-corrected chi connectivity index (χ3v) is 4.69. The molecule has 2 nitrogen and oxygen atoms in total. The van der Waals surface area contributed by atoms with Crippen LogP contribution in [-0.4, -0.2) is 11.2 Å². The van der Waals surface area contributed by atoms with Crippen molar-refractivity contribution in [2.45, 2.75) is 17.1 Å². The molecule has 24 heavy (non-hydrogen) atoms. The maximum absolute atomic E-state index is 13.6. The summed E-state index contributed by atoms with van der Waals surface area (Å²) in [6.07, 6.45) is 0. The van der Waals surface area contributed by atoms with Crippen molar-refractivity contribution in [2.24, 2.45) is 0 Å². The van der Waals surface area contributed by atoms with Gasteiger partial charge >= 0.3 is 0 Å². The van der Waals surface area contributed by atoms with E-state index in [-0.39, 0.29) is 11.6 Å². The van der Waals surface area contributed by atoms with Crippen LogP contribution in [0.25, 0.3) is 10.8 Å². The van der Waals surface area contributed by atoms with Crippen molar-refractivity contribution >= 4 is 34.1 Å². The Labute approximate surface area is 142 Å². The van der Waals surface area contributed by atoms with Gasteiger partial charge in [0.2, 0.25) is 5.91 Å². The summed E-state index contributed by atoms with van der Waals surface area (Å²) in [6, 6.07) is 17.0. The van der Waals surface area contributed by atoms with Crippen LogP contribution in [0.15, 0.2) is 65.6 Å². The van der Waals surface area contributed by atoms with Gasteiger partial charge in [0.05, 0.1) is 10.9 Å². The van der Waals surface area contributed by atoms with Gasteiger partial charge in [-0.05, 0) is 42.0 Å². The zero-order valence-corrected chi connectivity index (χ0v) is 13.7. The van der Waals surface area contributed by atoms with E-state index in [0.717, 1.165) is 27.8 Å². The van der Waals surface area contributed by atoms with Crippen LogP contribution in [0.4, 0.5) is 14.5 Å². The Bertz CT molecular complexity index is 897. The first kappa shape index (κ1) is 16.5. The SMILES string of the molecule is CC(Sc1ccc2ccccc2c1)C(=O)Nc1ccc(F)cc1F. The molecule has 0 aliphatic rings. The van der Waals surface area contributed by atoms with Crippen molar-refractivity contribution in [1.82, 2.24) is 0 Å². The molecule has 0 bridgehead atoms. The van der Waals surface area contributed by atoms with E-state index in [9.17, 15) is 13.6 Å². The van der Waals surface area contributed by atoms with Gasteiger partial charge in [0, 0.05) is 11.0 Å². The second-order valence-corrected chi connectivity index (χ2v) is 6.80. The molecule has 122 valence electrons. The summed E-state index contributed by atoms with van der Waals surface area (Å²) in [6.45, 7) is 1.75. The number of benzene rings is 3. The number of carbonyl (C=O) groups is 1. The molecule has 1 unspecified atom stereocenters. The molecule has 0 heterocycles. The highest BCUT2D eigenvalue weighted by Crippen LogP contribution is 2.28. The van der Waals surface area contributed by atoms with E-state index >= 15 is 0 Å². The second kappa shape index (κ2) is 7.01. The quantitative estimate of drug-likeness (QED) is 0.657. The Hall–Kier alpha value is -2.40. The van der Waals surface area contributed by atoms with Crippen LogP contribution in [0.3, 0.4) is 0 Å². The van der Waals surface area contributed by atoms with Crippen LogP contribution in [0, 0.1) is 11.6 Å². The maximum atomic E-state index is 13.6. The number of anilines is 1. The number of nitrogens with one attached hydrogen (secondary N) is 1. The van der Waals surface area contributed by atoms with Gasteiger partial charge < -0.3 is 5.32 Å². The lowest BCUT2D eigenvalue weighted by Crippen LogP contribution is -2.23. The average molecular weight is 343 g/mol. The molecule has 1 amide bonds. The van der Waals surface area contributed by atoms with E-state index in [1.165, 1.54) is 17.8 Å². The van der Waals surface area contributed by atoms with E-state index in [0.29, 0.717) is 0 Å². The monoisotopic (exact) mass is 343 g/mol. The van der Waals surface area contributed by atoms with E-state index in [1.807, 2.05) is 42.5 Å². The fraction of sp³-hybridized carbons (Fsp3) is 0.105. The molecule has 5 heteroatoms. The summed E-state index contributed by atoms with van der Waals surface area (Å²) < 4.78 is 26.5. The fourth-order valence-corrected chi connectivity index (χ4v) is 3.24. The topological polar surface area (TPSA) is 29.1 Å². The van der Waals surface area contributed by atoms with Gasteiger partial charge in [-0.25, -0.2) is 8.78 Å². The minimum absolute atomic E-state index is 0.0210. The van der Waals surface area contributed by atoms with Crippen molar-refractivity contribution in [3.05, 3.63) is 72.3 Å². The number of rotatable bonds is 4. The number of thioether (sulfide) groups is 1. The molecule has 3 aromatic rings. The molecule has 3 aromatic carbocycles. The number of halogens is 2. The average Bonchev–Trinajstić information content (AvgIpc) is 2.57. The number of hydrogen-bond donors (Lipinski definition) is 1. The summed E-state index contributed by atoms with van der Waals surface area (Å²) in [4.78, 5) is 13.2. The molecule has 0 saturated carbocycles. The molecule has 0 spiro atoms. The lowest BCUT2D eigenvalue weighted by Gasteiger charge is -2.13. The molecule has 0 aromatic heterocycles. The Kier molecular flexibility index (Phi) is 4.81. The van der Waals surface area contributed by atoms with E-state index in [4.69, 9.17) is 0 Å². The Balaban J connectivity index is 1.70. The second-order valence-electron chi connectivity index (χ2n) is 5.38. The lowest BCUT2D eigenvalue weighted by atomic mass is 10.1. The molecule has 0 fully saturated rings. The molecule has 0 aliphatic carbocycles. The molecule has 0 saturated heterocycles. The summed E-state index contributed by atoms with van der Waals surface area (Å²) in [5, 5.41) is 4.30. The van der Waals surface area contributed by atoms with E-state index in [1.54, 1.807) is 6.92 Å². The van der Waals surface area contributed by atoms with E-state index < -0.39 is 16.9 Å². The highest BCUT2D eigenvalue weighted by atomic mass is 32.2. The van der Waals surface area contributed by atoms with Crippen LogP contribution in [0.1, 0.15) is 6.92 Å². The Morgan fingerprint density at radius 1 is 1.00 bits per heavy atom. The van der Waals surface area contributed by atoms with Gasteiger partial charge in [0.15, 0.2) is 0 Å². The van der Waals surface area contributed by atoms with Gasteiger partial charge in [-0.1, -0.05) is 30.3 Å². The summed E-state index contributed by atoms with van der Waals surface area (Å²) in [5.74, 6) is -1.80. The minimum atomic E-state index is -0.786. The first-order valence-corrected chi connectivity index (χ1v) is 8.32. The van der Waals surface area contributed by atoms with Gasteiger partial charge in [-0.15, -0.1) is 11.8 Å².